The first-order chi connectivity index (χ1) is 8.40. The number of rotatable bonds is 2. The summed E-state index contributed by atoms with van der Waals surface area (Å²) >= 11 is 0. The lowest BCUT2D eigenvalue weighted by Gasteiger charge is -2.21. The molecule has 96 valence electrons. The van der Waals surface area contributed by atoms with Gasteiger partial charge < -0.3 is 10.6 Å². The molecule has 0 aliphatic carbocycles. The second-order valence-electron chi connectivity index (χ2n) is 4.65. The predicted octanol–water partition coefficient (Wildman–Crippen LogP) is 1.28. The number of aryl methyl sites for hydroxylation is 2. The van der Waals surface area contributed by atoms with Gasteiger partial charge in [-0.25, -0.2) is 0 Å². The van der Waals surface area contributed by atoms with Crippen molar-refractivity contribution < 1.29 is 9.72 Å². The van der Waals surface area contributed by atoms with Gasteiger partial charge in [-0.3, -0.25) is 14.9 Å². The van der Waals surface area contributed by atoms with Crippen molar-refractivity contribution >= 4 is 17.3 Å². The summed E-state index contributed by atoms with van der Waals surface area (Å²) in [7, 11) is 0. The molecular weight excluding hydrogens is 234 g/mol. The number of non-ortho nitro benzene ring substituents is 1. The van der Waals surface area contributed by atoms with Crippen molar-refractivity contribution in [3.63, 3.8) is 0 Å². The summed E-state index contributed by atoms with van der Waals surface area (Å²) in [4.78, 5) is 23.8. The van der Waals surface area contributed by atoms with Gasteiger partial charge in [0.1, 0.15) is 0 Å². The molecule has 1 aromatic rings. The summed E-state index contributed by atoms with van der Waals surface area (Å²) in [5.41, 5.74) is 8.01. The van der Waals surface area contributed by atoms with Crippen molar-refractivity contribution in [3.8, 4) is 0 Å². The van der Waals surface area contributed by atoms with Crippen LogP contribution in [0.25, 0.3) is 0 Å². The standard InChI is InChI=1S/C12H15N3O3/c1-7-3-10(15(17)18)4-8(2)12(7)14-6-9(13)5-11(14)16/h3-4,9H,5-6,13H2,1-2H3. The van der Waals surface area contributed by atoms with Crippen LogP contribution in [-0.4, -0.2) is 23.4 Å². The number of hydrogen-bond acceptors (Lipinski definition) is 4. The molecule has 2 N–H and O–H groups in total. The molecule has 2 rings (SSSR count). The fourth-order valence-electron chi connectivity index (χ4n) is 2.42. The van der Waals surface area contributed by atoms with E-state index in [-0.39, 0.29) is 17.6 Å². The van der Waals surface area contributed by atoms with Crippen LogP contribution < -0.4 is 10.6 Å². The molecule has 1 fully saturated rings. The topological polar surface area (TPSA) is 89.5 Å². The van der Waals surface area contributed by atoms with E-state index in [1.807, 2.05) is 0 Å². The van der Waals surface area contributed by atoms with Crippen LogP contribution in [-0.2, 0) is 4.79 Å². The number of nitro groups is 1. The van der Waals surface area contributed by atoms with Crippen LogP contribution in [0.4, 0.5) is 11.4 Å². The molecule has 1 aromatic carbocycles. The molecule has 0 bridgehead atoms. The fraction of sp³-hybridized carbons (Fsp3) is 0.417. The summed E-state index contributed by atoms with van der Waals surface area (Å²) in [5.74, 6) is -0.0254. The maximum absolute atomic E-state index is 11.8. The van der Waals surface area contributed by atoms with E-state index in [4.69, 9.17) is 5.73 Å². The molecule has 0 spiro atoms. The van der Waals surface area contributed by atoms with Crippen LogP contribution in [0.1, 0.15) is 17.5 Å². The number of carbonyl (C=O) groups is 1. The van der Waals surface area contributed by atoms with E-state index in [2.05, 4.69) is 0 Å². The Kier molecular flexibility index (Phi) is 3.04. The summed E-state index contributed by atoms with van der Waals surface area (Å²) in [6.07, 6.45) is 0.329. The Hall–Kier alpha value is -1.95. The average molecular weight is 249 g/mol. The van der Waals surface area contributed by atoms with Gasteiger partial charge in [0, 0.05) is 36.8 Å². The molecular formula is C12H15N3O3. The van der Waals surface area contributed by atoms with Gasteiger partial charge in [-0.1, -0.05) is 0 Å². The predicted molar refractivity (Wildman–Crippen MR) is 67.5 cm³/mol. The number of anilines is 1. The van der Waals surface area contributed by atoms with E-state index < -0.39 is 4.92 Å². The Labute approximate surface area is 105 Å². The number of carbonyl (C=O) groups excluding carboxylic acids is 1. The molecule has 6 heteroatoms. The summed E-state index contributed by atoms with van der Waals surface area (Å²) in [6, 6.07) is 2.81. The third-order valence-electron chi connectivity index (χ3n) is 3.11. The molecule has 1 unspecified atom stereocenters. The van der Waals surface area contributed by atoms with Crippen molar-refractivity contribution in [1.29, 1.82) is 0 Å². The van der Waals surface area contributed by atoms with Gasteiger partial charge in [0.25, 0.3) is 5.69 Å². The van der Waals surface area contributed by atoms with Crippen LogP contribution in [0.5, 0.6) is 0 Å². The highest BCUT2D eigenvalue weighted by atomic mass is 16.6. The summed E-state index contributed by atoms with van der Waals surface area (Å²) < 4.78 is 0. The zero-order valence-corrected chi connectivity index (χ0v) is 10.3. The van der Waals surface area contributed by atoms with Crippen molar-refractivity contribution in [2.24, 2.45) is 5.73 Å². The smallest absolute Gasteiger partial charge is 0.270 e. The highest BCUT2D eigenvalue weighted by Gasteiger charge is 2.30. The minimum absolute atomic E-state index is 0.0254. The first-order valence-corrected chi connectivity index (χ1v) is 5.71. The highest BCUT2D eigenvalue weighted by molar-refractivity contribution is 5.97. The lowest BCUT2D eigenvalue weighted by Crippen LogP contribution is -2.29. The second-order valence-corrected chi connectivity index (χ2v) is 4.65. The van der Waals surface area contributed by atoms with Crippen molar-refractivity contribution in [2.75, 3.05) is 11.4 Å². The first kappa shape index (κ1) is 12.5. The maximum Gasteiger partial charge on any atom is 0.270 e. The normalized spacial score (nSPS) is 19.4. The highest BCUT2D eigenvalue weighted by Crippen LogP contribution is 2.31. The van der Waals surface area contributed by atoms with E-state index in [9.17, 15) is 14.9 Å². The van der Waals surface area contributed by atoms with Crippen molar-refractivity contribution in [1.82, 2.24) is 0 Å². The van der Waals surface area contributed by atoms with Crippen LogP contribution in [0, 0.1) is 24.0 Å². The molecule has 1 heterocycles. The number of benzene rings is 1. The molecule has 0 saturated carbocycles. The Morgan fingerprint density at radius 2 is 1.94 bits per heavy atom. The number of amides is 1. The molecule has 0 aromatic heterocycles. The lowest BCUT2D eigenvalue weighted by atomic mass is 10.1. The lowest BCUT2D eigenvalue weighted by molar-refractivity contribution is -0.384. The SMILES string of the molecule is Cc1cc([N+](=O)[O-])cc(C)c1N1CC(N)CC1=O. The zero-order valence-electron chi connectivity index (χ0n) is 10.3. The Morgan fingerprint density at radius 1 is 1.39 bits per heavy atom. The van der Waals surface area contributed by atoms with Gasteiger partial charge in [-0.05, 0) is 25.0 Å². The molecule has 6 nitrogen and oxygen atoms in total. The fourth-order valence-corrected chi connectivity index (χ4v) is 2.42. The third kappa shape index (κ3) is 2.06. The molecule has 0 radical (unpaired) electrons. The van der Waals surface area contributed by atoms with Crippen molar-refractivity contribution in [2.45, 2.75) is 26.3 Å². The minimum atomic E-state index is -0.429. The number of nitro benzene ring substituents is 1. The second kappa shape index (κ2) is 4.38. The quantitative estimate of drug-likeness (QED) is 0.631. The largest absolute Gasteiger partial charge is 0.326 e. The van der Waals surface area contributed by atoms with Gasteiger partial charge in [0.15, 0.2) is 0 Å². The third-order valence-corrected chi connectivity index (χ3v) is 3.11. The average Bonchev–Trinajstić information content (AvgIpc) is 2.56. The Bertz CT molecular complexity index is 504. The molecule has 1 saturated heterocycles. The van der Waals surface area contributed by atoms with Crippen LogP contribution in [0.15, 0.2) is 12.1 Å². The monoisotopic (exact) mass is 249 g/mol. The van der Waals surface area contributed by atoms with Gasteiger partial charge in [0.2, 0.25) is 5.91 Å². The maximum atomic E-state index is 11.8. The molecule has 18 heavy (non-hydrogen) atoms. The van der Waals surface area contributed by atoms with E-state index in [0.717, 1.165) is 16.8 Å². The van der Waals surface area contributed by atoms with E-state index in [1.165, 1.54) is 12.1 Å². The Morgan fingerprint density at radius 3 is 2.33 bits per heavy atom. The van der Waals surface area contributed by atoms with Gasteiger partial charge >= 0.3 is 0 Å². The Balaban J connectivity index is 2.46. The van der Waals surface area contributed by atoms with E-state index in [0.29, 0.717) is 13.0 Å². The molecule has 1 aliphatic heterocycles. The zero-order chi connectivity index (χ0) is 13.4. The van der Waals surface area contributed by atoms with Crippen LogP contribution in [0.3, 0.4) is 0 Å². The minimum Gasteiger partial charge on any atom is -0.326 e. The summed E-state index contributed by atoms with van der Waals surface area (Å²) in [5, 5.41) is 10.8. The molecule has 1 atom stereocenters. The van der Waals surface area contributed by atoms with Crippen molar-refractivity contribution in [3.05, 3.63) is 33.4 Å². The van der Waals surface area contributed by atoms with Gasteiger partial charge in [-0.2, -0.15) is 0 Å². The van der Waals surface area contributed by atoms with Crippen LogP contribution in [0.2, 0.25) is 0 Å². The van der Waals surface area contributed by atoms with E-state index >= 15 is 0 Å². The first-order valence-electron chi connectivity index (χ1n) is 5.71. The van der Waals surface area contributed by atoms with Gasteiger partial charge in [-0.15, -0.1) is 0 Å². The number of hydrogen-bond donors (Lipinski definition) is 1. The molecule has 1 aliphatic rings. The number of nitrogens with zero attached hydrogens (tertiary/aromatic N) is 2. The molecule has 1 amide bonds. The number of nitrogens with two attached hydrogens (primary N) is 1. The van der Waals surface area contributed by atoms with E-state index in [1.54, 1.807) is 18.7 Å². The van der Waals surface area contributed by atoms with Gasteiger partial charge in [0.05, 0.1) is 4.92 Å². The summed E-state index contributed by atoms with van der Waals surface area (Å²) in [6.45, 7) is 4.01. The van der Waals surface area contributed by atoms with Crippen LogP contribution >= 0.6 is 0 Å².